The molecule has 8 heteroatoms. The maximum atomic E-state index is 12.2. The second-order valence-electron chi connectivity index (χ2n) is 3.56. The van der Waals surface area contributed by atoms with Crippen LogP contribution >= 0.6 is 15.9 Å². The van der Waals surface area contributed by atoms with Crippen LogP contribution in [-0.4, -0.2) is 16.3 Å². The molecule has 0 saturated carbocycles. The monoisotopic (exact) mass is 321 g/mol. The molecule has 0 aliphatic heterocycles. The van der Waals surface area contributed by atoms with Gasteiger partial charge in [-0.1, -0.05) is 5.16 Å². The van der Waals surface area contributed by atoms with Crippen molar-refractivity contribution in [2.45, 2.75) is 12.6 Å². The Kier molecular flexibility index (Phi) is 3.29. The summed E-state index contributed by atoms with van der Waals surface area (Å²) in [7, 11) is 0. The van der Waals surface area contributed by atoms with Crippen LogP contribution < -0.4 is 5.73 Å². The number of nitrogens with two attached hydrogens (primary N) is 1. The van der Waals surface area contributed by atoms with E-state index in [-0.39, 0.29) is 17.3 Å². The first-order valence-corrected chi connectivity index (χ1v) is 5.58. The molecule has 96 valence electrons. The van der Waals surface area contributed by atoms with Gasteiger partial charge in [0.1, 0.15) is 5.82 Å². The molecule has 0 aliphatic rings. The summed E-state index contributed by atoms with van der Waals surface area (Å²) in [5.74, 6) is 0.313. The molecule has 0 atom stereocenters. The zero-order valence-electron chi connectivity index (χ0n) is 8.83. The van der Waals surface area contributed by atoms with E-state index in [2.05, 4.69) is 26.1 Å². The van der Waals surface area contributed by atoms with Gasteiger partial charge in [-0.05, 0) is 22.0 Å². The highest BCUT2D eigenvalue weighted by molar-refractivity contribution is 9.10. The molecule has 0 unspecified atom stereocenters. The van der Waals surface area contributed by atoms with Crippen LogP contribution in [0, 0.1) is 0 Å². The third-order valence-electron chi connectivity index (χ3n) is 2.09. The second kappa shape index (κ2) is 4.60. The molecule has 2 heterocycles. The van der Waals surface area contributed by atoms with Crippen molar-refractivity contribution in [1.82, 2.24) is 10.1 Å². The summed E-state index contributed by atoms with van der Waals surface area (Å²) in [6.45, 7) is 0. The number of halogens is 4. The van der Waals surface area contributed by atoms with Crippen LogP contribution in [0.15, 0.2) is 27.3 Å². The minimum Gasteiger partial charge on any atom is -0.383 e. The van der Waals surface area contributed by atoms with Gasteiger partial charge in [0, 0.05) is 16.7 Å². The van der Waals surface area contributed by atoms with E-state index in [1.165, 1.54) is 12.3 Å². The molecule has 0 bridgehead atoms. The maximum Gasteiger partial charge on any atom is 0.394 e. The number of rotatable bonds is 2. The lowest BCUT2D eigenvalue weighted by Crippen LogP contribution is -2.11. The molecular weight excluding hydrogens is 315 g/mol. The van der Waals surface area contributed by atoms with Gasteiger partial charge in [-0.3, -0.25) is 0 Å². The number of hydrogen-bond acceptors (Lipinski definition) is 4. The van der Waals surface area contributed by atoms with Crippen molar-refractivity contribution in [2.75, 3.05) is 5.73 Å². The van der Waals surface area contributed by atoms with Gasteiger partial charge in [-0.25, -0.2) is 4.98 Å². The Morgan fingerprint density at radius 2 is 2.06 bits per heavy atom. The predicted molar refractivity (Wildman–Crippen MR) is 61.6 cm³/mol. The normalized spacial score (nSPS) is 11.8. The SMILES string of the molecule is Nc1ncc(Br)cc1-c1cc(CC(F)(F)F)no1. The van der Waals surface area contributed by atoms with Crippen LogP contribution in [0.3, 0.4) is 0 Å². The molecule has 0 aliphatic carbocycles. The van der Waals surface area contributed by atoms with E-state index >= 15 is 0 Å². The molecule has 0 fully saturated rings. The first-order chi connectivity index (χ1) is 8.35. The minimum absolute atomic E-state index is 0.153. The number of aromatic nitrogens is 2. The van der Waals surface area contributed by atoms with Gasteiger partial charge >= 0.3 is 6.18 Å². The van der Waals surface area contributed by atoms with Crippen LogP contribution in [0.25, 0.3) is 11.3 Å². The number of anilines is 1. The van der Waals surface area contributed by atoms with Crippen molar-refractivity contribution in [3.05, 3.63) is 28.5 Å². The Hall–Kier alpha value is -1.57. The summed E-state index contributed by atoms with van der Waals surface area (Å²) in [4.78, 5) is 3.86. The lowest BCUT2D eigenvalue weighted by atomic mass is 10.2. The first kappa shape index (κ1) is 12.9. The molecule has 0 radical (unpaired) electrons. The highest BCUT2D eigenvalue weighted by atomic mass is 79.9. The van der Waals surface area contributed by atoms with E-state index in [9.17, 15) is 13.2 Å². The fraction of sp³-hybridized carbons (Fsp3) is 0.200. The Labute approximate surface area is 108 Å². The summed E-state index contributed by atoms with van der Waals surface area (Å²) in [6, 6.07) is 2.80. The zero-order chi connectivity index (χ0) is 13.3. The van der Waals surface area contributed by atoms with Gasteiger partial charge in [0.25, 0.3) is 0 Å². The van der Waals surface area contributed by atoms with Gasteiger partial charge in [-0.2, -0.15) is 13.2 Å². The minimum atomic E-state index is -4.32. The van der Waals surface area contributed by atoms with Gasteiger partial charge in [0.05, 0.1) is 17.7 Å². The van der Waals surface area contributed by atoms with Crippen LogP contribution in [0.1, 0.15) is 5.69 Å². The van der Waals surface area contributed by atoms with Crippen molar-refractivity contribution in [2.24, 2.45) is 0 Å². The predicted octanol–water partition coefficient (Wildman–Crippen LogP) is 3.19. The molecule has 0 amide bonds. The third kappa shape index (κ3) is 3.00. The molecule has 4 nitrogen and oxygen atoms in total. The van der Waals surface area contributed by atoms with Gasteiger partial charge < -0.3 is 10.3 Å². The molecule has 2 aromatic rings. The van der Waals surface area contributed by atoms with Crippen LogP contribution in [0.2, 0.25) is 0 Å². The first-order valence-electron chi connectivity index (χ1n) is 4.79. The van der Waals surface area contributed by atoms with Crippen molar-refractivity contribution < 1.29 is 17.7 Å². The van der Waals surface area contributed by atoms with Crippen LogP contribution in [0.5, 0.6) is 0 Å². The molecule has 2 N–H and O–H groups in total. The van der Waals surface area contributed by atoms with E-state index in [0.29, 0.717) is 10.0 Å². The summed E-state index contributed by atoms with van der Waals surface area (Å²) in [5.41, 5.74) is 5.81. The summed E-state index contributed by atoms with van der Waals surface area (Å²) < 4.78 is 42.0. The molecule has 18 heavy (non-hydrogen) atoms. The quantitative estimate of drug-likeness (QED) is 0.922. The van der Waals surface area contributed by atoms with Crippen LogP contribution in [0.4, 0.5) is 19.0 Å². The number of alkyl halides is 3. The fourth-order valence-electron chi connectivity index (χ4n) is 1.37. The third-order valence-corrected chi connectivity index (χ3v) is 2.52. The van der Waals surface area contributed by atoms with E-state index < -0.39 is 12.6 Å². The Morgan fingerprint density at radius 1 is 1.33 bits per heavy atom. The summed E-state index contributed by atoms with van der Waals surface area (Å²) >= 11 is 3.19. The lowest BCUT2D eigenvalue weighted by Gasteiger charge is -2.01. The zero-order valence-corrected chi connectivity index (χ0v) is 10.4. The molecule has 0 spiro atoms. The van der Waals surface area contributed by atoms with Crippen molar-refractivity contribution in [3.8, 4) is 11.3 Å². The number of hydrogen-bond donors (Lipinski definition) is 1. The van der Waals surface area contributed by atoms with Crippen molar-refractivity contribution >= 4 is 21.7 Å². The average molecular weight is 322 g/mol. The Balaban J connectivity index is 2.32. The highest BCUT2D eigenvalue weighted by Gasteiger charge is 2.29. The van der Waals surface area contributed by atoms with Crippen LogP contribution in [-0.2, 0) is 6.42 Å². The average Bonchev–Trinajstić information content (AvgIpc) is 2.67. The van der Waals surface area contributed by atoms with Crippen molar-refractivity contribution in [3.63, 3.8) is 0 Å². The largest absolute Gasteiger partial charge is 0.394 e. The molecule has 2 aromatic heterocycles. The van der Waals surface area contributed by atoms with Gasteiger partial charge in [0.15, 0.2) is 5.76 Å². The second-order valence-corrected chi connectivity index (χ2v) is 4.48. The lowest BCUT2D eigenvalue weighted by molar-refractivity contribution is -0.128. The fourth-order valence-corrected chi connectivity index (χ4v) is 1.71. The Morgan fingerprint density at radius 3 is 2.72 bits per heavy atom. The number of pyridine rings is 1. The van der Waals surface area contributed by atoms with E-state index in [0.717, 1.165) is 0 Å². The number of nitrogen functional groups attached to an aromatic ring is 1. The van der Waals surface area contributed by atoms with E-state index in [1.807, 2.05) is 0 Å². The molecular formula is C10H7BrF3N3O. The van der Waals surface area contributed by atoms with Gasteiger partial charge in [0.2, 0.25) is 0 Å². The maximum absolute atomic E-state index is 12.2. The number of nitrogens with zero attached hydrogens (tertiary/aromatic N) is 2. The molecule has 0 saturated heterocycles. The van der Waals surface area contributed by atoms with Crippen molar-refractivity contribution in [1.29, 1.82) is 0 Å². The van der Waals surface area contributed by atoms with E-state index in [1.54, 1.807) is 6.07 Å². The topological polar surface area (TPSA) is 64.9 Å². The molecule has 0 aromatic carbocycles. The van der Waals surface area contributed by atoms with E-state index in [4.69, 9.17) is 10.3 Å². The smallest absolute Gasteiger partial charge is 0.383 e. The highest BCUT2D eigenvalue weighted by Crippen LogP contribution is 2.29. The standard InChI is InChI=1S/C10H7BrF3N3O/c11-5-1-7(9(15)16-4-5)8-2-6(17-18-8)3-10(12,13)14/h1-2,4H,3H2,(H2,15,16). The molecule has 2 rings (SSSR count). The Bertz CT molecular complexity index is 568. The summed E-state index contributed by atoms with van der Waals surface area (Å²) in [5, 5.41) is 3.36. The summed E-state index contributed by atoms with van der Waals surface area (Å²) in [6.07, 6.45) is -3.99. The van der Waals surface area contributed by atoms with Gasteiger partial charge in [-0.15, -0.1) is 0 Å².